The van der Waals surface area contributed by atoms with Crippen molar-refractivity contribution in [1.82, 2.24) is 14.5 Å². The zero-order valence-corrected chi connectivity index (χ0v) is 14.8. The fraction of sp³-hybridized carbons (Fsp3) is 0.250. The van der Waals surface area contributed by atoms with Crippen LogP contribution in [0.15, 0.2) is 49.1 Å². The van der Waals surface area contributed by atoms with Gasteiger partial charge >= 0.3 is 0 Å². The van der Waals surface area contributed by atoms with E-state index in [-0.39, 0.29) is 5.91 Å². The summed E-state index contributed by atoms with van der Waals surface area (Å²) in [6, 6.07) is 10.1. The van der Waals surface area contributed by atoms with Gasteiger partial charge in [-0.3, -0.25) is 9.78 Å². The molecule has 126 valence electrons. The minimum absolute atomic E-state index is 0.123. The van der Waals surface area contributed by atoms with Crippen molar-refractivity contribution in [2.75, 3.05) is 11.9 Å². The van der Waals surface area contributed by atoms with Crippen LogP contribution in [0.25, 0.3) is 16.9 Å². The molecule has 1 amide bonds. The van der Waals surface area contributed by atoms with Gasteiger partial charge in [0.25, 0.3) is 0 Å². The summed E-state index contributed by atoms with van der Waals surface area (Å²) in [4.78, 5) is 22.9. The first-order chi connectivity index (χ1) is 11.9. The molecule has 3 aromatic rings. The van der Waals surface area contributed by atoms with Crippen LogP contribution < -0.4 is 4.90 Å². The normalized spacial score (nSPS) is 15.5. The summed E-state index contributed by atoms with van der Waals surface area (Å²) in [6.45, 7) is 5.91. The smallest absolute Gasteiger partial charge is 0.236 e. The van der Waals surface area contributed by atoms with Gasteiger partial charge in [-0.25, -0.2) is 4.98 Å². The molecule has 0 saturated carbocycles. The predicted molar refractivity (Wildman–Crippen MR) is 98.0 cm³/mol. The largest absolute Gasteiger partial charge is 0.314 e. The number of imidazole rings is 1. The molecule has 1 aliphatic rings. The summed E-state index contributed by atoms with van der Waals surface area (Å²) in [7, 11) is 1.83. The van der Waals surface area contributed by atoms with Crippen molar-refractivity contribution in [1.29, 1.82) is 0 Å². The second-order valence-electron chi connectivity index (χ2n) is 7.04. The second kappa shape index (κ2) is 5.28. The van der Waals surface area contributed by atoms with E-state index in [1.165, 1.54) is 0 Å². The molecular formula is C20H20N4O. The number of pyridine rings is 1. The standard InChI is InChI=1S/C20H20N4O/c1-13-9-14(7-8-21-13)17-11-24(12-22-17)15-5-6-16-18(10-15)23(4)19(25)20(16,2)3/h5-12H,1-4H3. The zero-order chi connectivity index (χ0) is 17.8. The Kier molecular flexibility index (Phi) is 3.29. The van der Waals surface area contributed by atoms with Crippen LogP contribution in [-0.4, -0.2) is 27.5 Å². The molecule has 0 N–H and O–H groups in total. The molecule has 2 aromatic heterocycles. The molecular weight excluding hydrogens is 312 g/mol. The first kappa shape index (κ1) is 15.6. The maximum absolute atomic E-state index is 12.5. The van der Waals surface area contributed by atoms with E-state index in [2.05, 4.69) is 9.97 Å². The summed E-state index contributed by atoms with van der Waals surface area (Å²) < 4.78 is 1.98. The van der Waals surface area contributed by atoms with Crippen molar-refractivity contribution in [3.63, 3.8) is 0 Å². The number of aryl methyl sites for hydroxylation is 1. The Bertz CT molecular complexity index is 987. The Morgan fingerprint density at radius 2 is 1.88 bits per heavy atom. The van der Waals surface area contributed by atoms with E-state index >= 15 is 0 Å². The molecule has 4 rings (SSSR count). The van der Waals surface area contributed by atoms with Gasteiger partial charge in [-0.05, 0) is 50.6 Å². The van der Waals surface area contributed by atoms with Crippen molar-refractivity contribution < 1.29 is 4.79 Å². The molecule has 3 heterocycles. The number of amides is 1. The highest BCUT2D eigenvalue weighted by molar-refractivity contribution is 6.07. The average Bonchev–Trinajstić information content (AvgIpc) is 3.15. The van der Waals surface area contributed by atoms with Gasteiger partial charge in [-0.15, -0.1) is 0 Å². The third-order valence-corrected chi connectivity index (χ3v) is 4.93. The minimum Gasteiger partial charge on any atom is -0.314 e. The van der Waals surface area contributed by atoms with E-state index in [0.717, 1.165) is 33.9 Å². The lowest BCUT2D eigenvalue weighted by molar-refractivity contribution is -0.121. The Labute approximate surface area is 147 Å². The topological polar surface area (TPSA) is 51.0 Å². The summed E-state index contributed by atoms with van der Waals surface area (Å²) in [5.41, 5.74) is 5.44. The molecule has 0 unspecified atom stereocenters. The fourth-order valence-electron chi connectivity index (χ4n) is 3.45. The number of carbonyl (C=O) groups is 1. The van der Waals surface area contributed by atoms with E-state index in [1.807, 2.05) is 68.9 Å². The zero-order valence-electron chi connectivity index (χ0n) is 14.8. The van der Waals surface area contributed by atoms with Crippen molar-refractivity contribution >= 4 is 11.6 Å². The lowest BCUT2D eigenvalue weighted by Crippen LogP contribution is -2.33. The summed E-state index contributed by atoms with van der Waals surface area (Å²) in [5.74, 6) is 0.123. The van der Waals surface area contributed by atoms with E-state index in [9.17, 15) is 4.79 Å². The average molecular weight is 332 g/mol. The SMILES string of the molecule is Cc1cc(-c2cn(-c3ccc4c(c3)N(C)C(=O)C4(C)C)cn2)ccn1. The fourth-order valence-corrected chi connectivity index (χ4v) is 3.45. The monoisotopic (exact) mass is 332 g/mol. The lowest BCUT2D eigenvalue weighted by atomic mass is 9.86. The van der Waals surface area contributed by atoms with Gasteiger partial charge in [0.15, 0.2) is 0 Å². The van der Waals surface area contributed by atoms with Crippen LogP contribution in [0.5, 0.6) is 0 Å². The van der Waals surface area contributed by atoms with Crippen LogP contribution in [0, 0.1) is 6.92 Å². The number of hydrogen-bond acceptors (Lipinski definition) is 3. The second-order valence-corrected chi connectivity index (χ2v) is 7.04. The molecule has 5 nitrogen and oxygen atoms in total. The van der Waals surface area contributed by atoms with Crippen LogP contribution in [0.2, 0.25) is 0 Å². The Hall–Kier alpha value is -2.95. The van der Waals surface area contributed by atoms with Gasteiger partial charge in [0.1, 0.15) is 0 Å². The molecule has 0 bridgehead atoms. The van der Waals surface area contributed by atoms with Gasteiger partial charge in [-0.2, -0.15) is 0 Å². The number of nitrogens with zero attached hydrogens (tertiary/aromatic N) is 4. The van der Waals surface area contributed by atoms with Crippen molar-refractivity contribution in [3.8, 4) is 16.9 Å². The molecule has 0 saturated heterocycles. The third kappa shape index (κ3) is 2.35. The highest BCUT2D eigenvalue weighted by Crippen LogP contribution is 2.41. The van der Waals surface area contributed by atoms with Gasteiger partial charge in [0, 0.05) is 42.1 Å². The summed E-state index contributed by atoms with van der Waals surface area (Å²) in [5, 5.41) is 0. The summed E-state index contributed by atoms with van der Waals surface area (Å²) in [6.07, 6.45) is 5.59. The molecule has 5 heteroatoms. The van der Waals surface area contributed by atoms with Crippen LogP contribution >= 0.6 is 0 Å². The first-order valence-corrected chi connectivity index (χ1v) is 8.28. The minimum atomic E-state index is -0.475. The molecule has 25 heavy (non-hydrogen) atoms. The predicted octanol–water partition coefficient (Wildman–Crippen LogP) is 3.50. The molecule has 1 aromatic carbocycles. The van der Waals surface area contributed by atoms with E-state index in [0.29, 0.717) is 0 Å². The summed E-state index contributed by atoms with van der Waals surface area (Å²) >= 11 is 0. The highest BCUT2D eigenvalue weighted by atomic mass is 16.2. The van der Waals surface area contributed by atoms with Gasteiger partial charge in [0.05, 0.1) is 17.4 Å². The van der Waals surface area contributed by atoms with Gasteiger partial charge in [0.2, 0.25) is 5.91 Å². The van der Waals surface area contributed by atoms with Crippen LogP contribution in [-0.2, 0) is 10.2 Å². The van der Waals surface area contributed by atoms with E-state index < -0.39 is 5.41 Å². The van der Waals surface area contributed by atoms with Crippen LogP contribution in [0.1, 0.15) is 25.1 Å². The number of rotatable bonds is 2. The maximum atomic E-state index is 12.5. The maximum Gasteiger partial charge on any atom is 0.236 e. The number of benzene rings is 1. The Morgan fingerprint density at radius 1 is 1.08 bits per heavy atom. The van der Waals surface area contributed by atoms with Gasteiger partial charge in [-0.1, -0.05) is 6.07 Å². The van der Waals surface area contributed by atoms with Crippen molar-refractivity contribution in [2.24, 2.45) is 0 Å². The first-order valence-electron chi connectivity index (χ1n) is 8.28. The number of fused-ring (bicyclic) bond motifs is 1. The quantitative estimate of drug-likeness (QED) is 0.722. The van der Waals surface area contributed by atoms with Crippen LogP contribution in [0.4, 0.5) is 5.69 Å². The van der Waals surface area contributed by atoms with Crippen molar-refractivity contribution in [2.45, 2.75) is 26.2 Å². The number of anilines is 1. The number of likely N-dealkylation sites (N-methyl/N-ethyl adjacent to an activating group) is 1. The molecule has 0 fully saturated rings. The molecule has 0 atom stereocenters. The molecule has 0 aliphatic carbocycles. The van der Waals surface area contributed by atoms with E-state index in [4.69, 9.17) is 0 Å². The lowest BCUT2D eigenvalue weighted by Gasteiger charge is -2.16. The number of carbonyl (C=O) groups excluding carboxylic acids is 1. The Morgan fingerprint density at radius 3 is 2.64 bits per heavy atom. The third-order valence-electron chi connectivity index (χ3n) is 4.93. The van der Waals surface area contributed by atoms with E-state index in [1.54, 1.807) is 17.4 Å². The number of hydrogen-bond donors (Lipinski definition) is 0. The highest BCUT2D eigenvalue weighted by Gasteiger charge is 2.42. The molecule has 1 aliphatic heterocycles. The van der Waals surface area contributed by atoms with Gasteiger partial charge < -0.3 is 9.47 Å². The van der Waals surface area contributed by atoms with Crippen LogP contribution in [0.3, 0.4) is 0 Å². The van der Waals surface area contributed by atoms with Crippen molar-refractivity contribution in [3.05, 3.63) is 60.3 Å². The number of aromatic nitrogens is 3. The molecule has 0 radical (unpaired) electrons. The molecule has 0 spiro atoms. The Balaban J connectivity index is 1.74.